The third-order valence-electron chi connectivity index (χ3n) is 3.78. The smallest absolute Gasteiger partial charge is 0.330 e. The van der Waals surface area contributed by atoms with Crippen LogP contribution in [0, 0.1) is 0 Å². The molecule has 2 aromatic rings. The molecule has 0 aliphatic rings. The van der Waals surface area contributed by atoms with Gasteiger partial charge in [-0.25, -0.2) is 9.59 Å². The van der Waals surface area contributed by atoms with Gasteiger partial charge in [0.1, 0.15) is 37.9 Å². The van der Waals surface area contributed by atoms with Gasteiger partial charge in [-0.05, 0) is 41.8 Å². The fourth-order valence-corrected chi connectivity index (χ4v) is 2.36. The van der Waals surface area contributed by atoms with Gasteiger partial charge in [-0.2, -0.15) is 0 Å². The molecule has 0 heterocycles. The van der Waals surface area contributed by atoms with E-state index < -0.39 is 11.9 Å². The number of rotatable bonds is 12. The topological polar surface area (TPSA) is 71.1 Å². The summed E-state index contributed by atoms with van der Waals surface area (Å²) in [6, 6.07) is 15.5. The van der Waals surface area contributed by atoms with Crippen LogP contribution in [-0.2, 0) is 25.5 Å². The maximum Gasteiger partial charge on any atom is 0.330 e. The van der Waals surface area contributed by atoms with Crippen molar-refractivity contribution in [2.75, 3.05) is 26.4 Å². The standard InChI is InChI=1S/C23H24O6.4CH4/c1-3-22(24)28-15-13-26-20-9-5-18(6-10-20)17-19-7-11-21(12-8-19)27-14-16-29-23(25)4-2;;;;/h3-12H,1-2,13-17H2;4*1H4. The predicted octanol–water partition coefficient (Wildman–Crippen LogP) is 6.04. The first-order chi connectivity index (χ1) is 14.1. The highest BCUT2D eigenvalue weighted by Gasteiger charge is 2.01. The molecule has 184 valence electrons. The van der Waals surface area contributed by atoms with E-state index >= 15 is 0 Å². The number of hydrogen-bond acceptors (Lipinski definition) is 6. The Balaban J connectivity index is -0.00000225. The van der Waals surface area contributed by atoms with Crippen LogP contribution in [0.15, 0.2) is 73.8 Å². The minimum atomic E-state index is -0.462. The Kier molecular flexibility index (Phi) is 19.8. The molecule has 0 radical (unpaired) electrons. The quantitative estimate of drug-likeness (QED) is 0.218. The van der Waals surface area contributed by atoms with Crippen LogP contribution in [0.1, 0.15) is 40.8 Å². The molecule has 0 aromatic heterocycles. The summed E-state index contributed by atoms with van der Waals surface area (Å²) in [6.07, 6.45) is 3.01. The van der Waals surface area contributed by atoms with Crippen molar-refractivity contribution in [2.45, 2.75) is 36.1 Å². The highest BCUT2D eigenvalue weighted by atomic mass is 16.6. The van der Waals surface area contributed by atoms with Crippen LogP contribution in [0.4, 0.5) is 0 Å². The van der Waals surface area contributed by atoms with E-state index in [9.17, 15) is 9.59 Å². The van der Waals surface area contributed by atoms with E-state index in [0.717, 1.165) is 29.7 Å². The van der Waals surface area contributed by atoms with Crippen molar-refractivity contribution < 1.29 is 28.5 Å². The van der Waals surface area contributed by atoms with Crippen molar-refractivity contribution in [3.63, 3.8) is 0 Å². The molecule has 0 aliphatic heterocycles. The molecule has 0 spiro atoms. The summed E-state index contributed by atoms with van der Waals surface area (Å²) >= 11 is 0. The number of hydrogen-bond donors (Lipinski definition) is 0. The molecule has 0 unspecified atom stereocenters. The first-order valence-electron chi connectivity index (χ1n) is 9.12. The van der Waals surface area contributed by atoms with Crippen molar-refractivity contribution in [2.24, 2.45) is 0 Å². The van der Waals surface area contributed by atoms with Gasteiger partial charge >= 0.3 is 11.9 Å². The van der Waals surface area contributed by atoms with Crippen molar-refractivity contribution >= 4 is 11.9 Å². The van der Waals surface area contributed by atoms with Crippen LogP contribution in [0.3, 0.4) is 0 Å². The van der Waals surface area contributed by atoms with Gasteiger partial charge in [0.05, 0.1) is 0 Å². The minimum absolute atomic E-state index is 0. The minimum Gasteiger partial charge on any atom is -0.490 e. The average Bonchev–Trinajstić information content (AvgIpc) is 2.76. The second-order valence-electron chi connectivity index (χ2n) is 5.90. The molecule has 0 saturated heterocycles. The number of carbonyl (C=O) groups excluding carboxylic acids is 2. The third kappa shape index (κ3) is 13.5. The zero-order valence-electron chi connectivity index (χ0n) is 16.2. The largest absolute Gasteiger partial charge is 0.490 e. The monoisotopic (exact) mass is 460 g/mol. The molecule has 0 bridgehead atoms. The van der Waals surface area contributed by atoms with Gasteiger partial charge in [0, 0.05) is 12.2 Å². The molecule has 0 N–H and O–H groups in total. The first-order valence-corrected chi connectivity index (χ1v) is 9.12. The molecule has 0 aliphatic carbocycles. The molecule has 2 aromatic carbocycles. The van der Waals surface area contributed by atoms with Crippen molar-refractivity contribution in [3.8, 4) is 11.5 Å². The highest BCUT2D eigenvalue weighted by Crippen LogP contribution is 2.18. The Labute approximate surface area is 199 Å². The molecule has 6 heteroatoms. The Morgan fingerprint density at radius 1 is 0.606 bits per heavy atom. The summed E-state index contributed by atoms with van der Waals surface area (Å²) in [4.78, 5) is 21.9. The molecule has 0 amide bonds. The zero-order valence-corrected chi connectivity index (χ0v) is 16.2. The van der Waals surface area contributed by atoms with Crippen LogP contribution in [0.25, 0.3) is 0 Å². The molecule has 2 rings (SSSR count). The molecule has 33 heavy (non-hydrogen) atoms. The Morgan fingerprint density at radius 2 is 0.939 bits per heavy atom. The zero-order chi connectivity index (χ0) is 20.9. The Bertz CT molecular complexity index is 740. The molecular weight excluding hydrogens is 420 g/mol. The van der Waals surface area contributed by atoms with Crippen LogP contribution in [-0.4, -0.2) is 38.4 Å². The summed E-state index contributed by atoms with van der Waals surface area (Å²) in [6.45, 7) is 7.59. The summed E-state index contributed by atoms with van der Waals surface area (Å²) < 4.78 is 20.8. The van der Waals surface area contributed by atoms with Gasteiger partial charge in [-0.1, -0.05) is 67.1 Å². The molecule has 0 atom stereocenters. The molecule has 0 fully saturated rings. The summed E-state index contributed by atoms with van der Waals surface area (Å²) in [5.74, 6) is 0.501. The van der Waals surface area contributed by atoms with E-state index in [-0.39, 0.29) is 56.1 Å². The third-order valence-corrected chi connectivity index (χ3v) is 3.78. The van der Waals surface area contributed by atoms with Gasteiger partial charge in [0.2, 0.25) is 0 Å². The van der Waals surface area contributed by atoms with Crippen LogP contribution < -0.4 is 9.47 Å². The molecule has 6 nitrogen and oxygen atoms in total. The lowest BCUT2D eigenvalue weighted by molar-refractivity contribution is -0.139. The van der Waals surface area contributed by atoms with E-state index in [2.05, 4.69) is 13.2 Å². The van der Waals surface area contributed by atoms with Crippen molar-refractivity contribution in [3.05, 3.63) is 85.0 Å². The Morgan fingerprint density at radius 3 is 1.24 bits per heavy atom. The molecule has 0 saturated carbocycles. The lowest BCUT2D eigenvalue weighted by Gasteiger charge is -2.09. The Hall–Kier alpha value is -3.54. The van der Waals surface area contributed by atoms with E-state index in [4.69, 9.17) is 18.9 Å². The summed E-state index contributed by atoms with van der Waals surface area (Å²) in [7, 11) is 0. The van der Waals surface area contributed by atoms with Gasteiger partial charge in [-0.15, -0.1) is 0 Å². The van der Waals surface area contributed by atoms with Crippen LogP contribution >= 0.6 is 0 Å². The fraction of sp³-hybridized carbons (Fsp3) is 0.333. The van der Waals surface area contributed by atoms with Gasteiger partial charge < -0.3 is 18.9 Å². The predicted molar refractivity (Wildman–Crippen MR) is 136 cm³/mol. The maximum absolute atomic E-state index is 10.9. The maximum atomic E-state index is 10.9. The second kappa shape index (κ2) is 19.2. The number of ether oxygens (including phenoxy) is 4. The normalized spacial score (nSPS) is 8.73. The number of esters is 2. The second-order valence-corrected chi connectivity index (χ2v) is 5.90. The highest BCUT2D eigenvalue weighted by molar-refractivity contribution is 5.81. The first kappa shape index (κ1) is 34.1. The van der Waals surface area contributed by atoms with E-state index in [1.54, 1.807) is 0 Å². The number of benzene rings is 2. The van der Waals surface area contributed by atoms with E-state index in [1.807, 2.05) is 48.5 Å². The lowest BCUT2D eigenvalue weighted by atomic mass is 10.0. The van der Waals surface area contributed by atoms with E-state index in [1.165, 1.54) is 0 Å². The van der Waals surface area contributed by atoms with Crippen molar-refractivity contribution in [1.29, 1.82) is 0 Å². The fourth-order valence-electron chi connectivity index (χ4n) is 2.36. The lowest BCUT2D eigenvalue weighted by Crippen LogP contribution is -2.10. The SMILES string of the molecule is C.C.C.C.C=CC(=O)OCCOc1ccc(Cc2ccc(OCCOC(=O)C=C)cc2)cc1. The average molecular weight is 461 g/mol. The summed E-state index contributed by atoms with van der Waals surface area (Å²) in [5.41, 5.74) is 2.28. The molecular formula is C27H40O6. The van der Waals surface area contributed by atoms with Gasteiger partial charge in [0.15, 0.2) is 0 Å². The van der Waals surface area contributed by atoms with Gasteiger partial charge in [0.25, 0.3) is 0 Å². The van der Waals surface area contributed by atoms with Crippen LogP contribution in [0.5, 0.6) is 11.5 Å². The summed E-state index contributed by atoms with van der Waals surface area (Å²) in [5, 5.41) is 0. The van der Waals surface area contributed by atoms with Crippen LogP contribution in [0.2, 0.25) is 0 Å². The van der Waals surface area contributed by atoms with Gasteiger partial charge in [-0.3, -0.25) is 0 Å². The number of carbonyl (C=O) groups is 2. The van der Waals surface area contributed by atoms with Crippen molar-refractivity contribution in [1.82, 2.24) is 0 Å². The van der Waals surface area contributed by atoms with E-state index in [0.29, 0.717) is 11.5 Å².